The van der Waals surface area contributed by atoms with E-state index < -0.39 is 10.0 Å². The number of halogens is 1. The molecule has 1 fully saturated rings. The van der Waals surface area contributed by atoms with Crippen LogP contribution in [0.2, 0.25) is 0 Å². The minimum absolute atomic E-state index is 0.233. The highest BCUT2D eigenvalue weighted by Gasteiger charge is 2.41. The van der Waals surface area contributed by atoms with E-state index in [4.69, 9.17) is 0 Å². The summed E-state index contributed by atoms with van der Waals surface area (Å²) in [6.45, 7) is 2.61. The van der Waals surface area contributed by atoms with Crippen molar-refractivity contribution in [3.05, 3.63) is 14.7 Å². The number of thiophene rings is 1. The molecule has 17 heavy (non-hydrogen) atoms. The predicted molar refractivity (Wildman–Crippen MR) is 72.7 cm³/mol. The summed E-state index contributed by atoms with van der Waals surface area (Å²) in [5.41, 5.74) is -0.233. The molecule has 96 valence electrons. The first-order valence-corrected chi connectivity index (χ1v) is 8.42. The van der Waals surface area contributed by atoms with Crippen molar-refractivity contribution in [3.63, 3.8) is 0 Å². The average molecular weight is 339 g/mol. The highest BCUT2D eigenvalue weighted by molar-refractivity contribution is 9.11. The highest BCUT2D eigenvalue weighted by atomic mass is 79.9. The van der Waals surface area contributed by atoms with E-state index in [1.54, 1.807) is 6.07 Å². The van der Waals surface area contributed by atoms with Crippen LogP contribution in [0.15, 0.2) is 14.7 Å². The average Bonchev–Trinajstić information content (AvgIpc) is 2.77. The van der Waals surface area contributed by atoms with Crippen LogP contribution in [0.25, 0.3) is 0 Å². The van der Waals surface area contributed by atoms with Crippen LogP contribution >= 0.6 is 27.3 Å². The molecule has 0 saturated heterocycles. The Labute approximate surface area is 114 Å². The Bertz CT molecular complexity index is 520. The van der Waals surface area contributed by atoms with Crippen molar-refractivity contribution < 1.29 is 8.42 Å². The Balaban J connectivity index is 2.26. The third-order valence-electron chi connectivity index (χ3n) is 2.73. The molecule has 1 aliphatic rings. The predicted octanol–water partition coefficient (Wildman–Crippen LogP) is 2.06. The molecule has 2 N–H and O–H groups in total. The van der Waals surface area contributed by atoms with E-state index in [1.165, 1.54) is 11.3 Å². The molecule has 0 bridgehead atoms. The van der Waals surface area contributed by atoms with Crippen molar-refractivity contribution in [2.45, 2.75) is 36.7 Å². The minimum atomic E-state index is -3.40. The first kappa shape index (κ1) is 13.5. The number of rotatable bonds is 5. The van der Waals surface area contributed by atoms with Gasteiger partial charge in [-0.25, -0.2) is 13.1 Å². The summed E-state index contributed by atoms with van der Waals surface area (Å²) in [6.07, 6.45) is 1.83. The fraction of sp³-hybridized carbons (Fsp3) is 0.600. The van der Waals surface area contributed by atoms with Crippen LogP contribution in [0.5, 0.6) is 0 Å². The van der Waals surface area contributed by atoms with Gasteiger partial charge in [-0.2, -0.15) is 0 Å². The molecular formula is C10H15BrN2O2S2. The van der Waals surface area contributed by atoms with Gasteiger partial charge in [-0.1, -0.05) is 0 Å². The molecule has 0 aromatic carbocycles. The maximum Gasteiger partial charge on any atom is 0.243 e. The fourth-order valence-electron chi connectivity index (χ4n) is 1.51. The number of sulfonamides is 1. The minimum Gasteiger partial charge on any atom is -0.315 e. The van der Waals surface area contributed by atoms with Crippen molar-refractivity contribution in [1.82, 2.24) is 10.0 Å². The molecule has 1 heterocycles. The summed E-state index contributed by atoms with van der Waals surface area (Å²) >= 11 is 4.77. The molecule has 1 aromatic rings. The largest absolute Gasteiger partial charge is 0.315 e. The van der Waals surface area contributed by atoms with Crippen LogP contribution in [0.1, 0.15) is 24.6 Å². The summed E-state index contributed by atoms with van der Waals surface area (Å²) in [4.78, 5) is 1.35. The Morgan fingerprint density at radius 1 is 1.53 bits per heavy atom. The molecule has 7 heteroatoms. The Kier molecular flexibility index (Phi) is 3.66. The van der Waals surface area contributed by atoms with Gasteiger partial charge in [0.05, 0.1) is 3.79 Å². The molecule has 1 aliphatic carbocycles. The second-order valence-corrected chi connectivity index (χ2v) is 8.65. The van der Waals surface area contributed by atoms with Crippen molar-refractivity contribution >= 4 is 37.3 Å². The molecule has 1 saturated carbocycles. The van der Waals surface area contributed by atoms with Gasteiger partial charge in [0.1, 0.15) is 4.90 Å². The van der Waals surface area contributed by atoms with Gasteiger partial charge in [0.15, 0.2) is 0 Å². The topological polar surface area (TPSA) is 58.2 Å². The first-order valence-electron chi connectivity index (χ1n) is 5.33. The molecule has 0 radical (unpaired) electrons. The van der Waals surface area contributed by atoms with Crippen LogP contribution in [-0.2, 0) is 16.6 Å². The van der Waals surface area contributed by atoms with Gasteiger partial charge >= 0.3 is 0 Å². The number of hydrogen-bond donors (Lipinski definition) is 2. The lowest BCUT2D eigenvalue weighted by Crippen LogP contribution is -2.34. The molecule has 0 unspecified atom stereocenters. The molecule has 4 nitrogen and oxygen atoms in total. The Morgan fingerprint density at radius 3 is 2.71 bits per heavy atom. The van der Waals surface area contributed by atoms with E-state index >= 15 is 0 Å². The lowest BCUT2D eigenvalue weighted by molar-refractivity contribution is 0.558. The normalized spacial score (nSPS) is 18.3. The van der Waals surface area contributed by atoms with Crippen LogP contribution in [0.3, 0.4) is 0 Å². The molecule has 0 spiro atoms. The van der Waals surface area contributed by atoms with Crippen molar-refractivity contribution in [2.24, 2.45) is 0 Å². The second-order valence-electron chi connectivity index (χ2n) is 4.55. The van der Waals surface area contributed by atoms with Crippen LogP contribution < -0.4 is 10.0 Å². The van der Waals surface area contributed by atoms with E-state index in [9.17, 15) is 8.42 Å². The molecule has 2 rings (SSSR count). The monoisotopic (exact) mass is 338 g/mol. The van der Waals surface area contributed by atoms with Crippen LogP contribution in [0.4, 0.5) is 0 Å². The highest BCUT2D eigenvalue weighted by Crippen LogP contribution is 2.38. The third kappa shape index (κ3) is 3.08. The zero-order valence-electron chi connectivity index (χ0n) is 9.71. The van der Waals surface area contributed by atoms with Crippen molar-refractivity contribution in [1.29, 1.82) is 0 Å². The lowest BCUT2D eigenvalue weighted by atomic mass is 10.4. The molecule has 1 aromatic heterocycles. The van der Waals surface area contributed by atoms with Gasteiger partial charge in [-0.05, 0) is 48.8 Å². The van der Waals surface area contributed by atoms with Gasteiger partial charge in [-0.3, -0.25) is 0 Å². The molecule has 0 aliphatic heterocycles. The van der Waals surface area contributed by atoms with Gasteiger partial charge in [-0.15, -0.1) is 11.3 Å². The Hall–Kier alpha value is 0.0500. The van der Waals surface area contributed by atoms with E-state index in [2.05, 4.69) is 26.0 Å². The van der Waals surface area contributed by atoms with E-state index in [-0.39, 0.29) is 5.54 Å². The fourth-order valence-corrected chi connectivity index (χ4v) is 5.67. The smallest absolute Gasteiger partial charge is 0.243 e. The SMILES string of the molecule is CNCc1cc(S(=O)(=O)NC2(C)CC2)c(Br)s1. The molecule has 0 atom stereocenters. The zero-order chi connectivity index (χ0) is 12.7. The van der Waals surface area contributed by atoms with Crippen LogP contribution in [0, 0.1) is 0 Å². The van der Waals surface area contributed by atoms with Gasteiger partial charge < -0.3 is 5.32 Å². The summed E-state index contributed by atoms with van der Waals surface area (Å²) < 4.78 is 27.8. The second kappa shape index (κ2) is 4.62. The Morgan fingerprint density at radius 2 is 2.18 bits per heavy atom. The number of hydrogen-bond acceptors (Lipinski definition) is 4. The maximum atomic E-state index is 12.2. The van der Waals surface area contributed by atoms with E-state index in [1.807, 2.05) is 14.0 Å². The van der Waals surface area contributed by atoms with Gasteiger partial charge in [0.25, 0.3) is 0 Å². The van der Waals surface area contributed by atoms with Gasteiger partial charge in [0.2, 0.25) is 10.0 Å². The molecular weight excluding hydrogens is 324 g/mol. The maximum absolute atomic E-state index is 12.2. The van der Waals surface area contributed by atoms with Crippen molar-refractivity contribution in [3.8, 4) is 0 Å². The zero-order valence-corrected chi connectivity index (χ0v) is 12.9. The summed E-state index contributed by atoms with van der Waals surface area (Å²) in [6, 6.07) is 1.72. The summed E-state index contributed by atoms with van der Waals surface area (Å²) in [7, 11) is -1.56. The lowest BCUT2D eigenvalue weighted by Gasteiger charge is -2.11. The van der Waals surface area contributed by atoms with Crippen LogP contribution in [-0.4, -0.2) is 21.0 Å². The van der Waals surface area contributed by atoms with Gasteiger partial charge in [0, 0.05) is 17.0 Å². The summed E-state index contributed by atoms with van der Waals surface area (Å²) in [5.74, 6) is 0. The first-order chi connectivity index (χ1) is 7.86. The van der Waals surface area contributed by atoms with Crippen molar-refractivity contribution in [2.75, 3.05) is 7.05 Å². The third-order valence-corrected chi connectivity index (χ3v) is 6.62. The molecule has 0 amide bonds. The number of nitrogens with one attached hydrogen (secondary N) is 2. The van der Waals surface area contributed by atoms with E-state index in [0.29, 0.717) is 15.2 Å². The van der Waals surface area contributed by atoms with E-state index in [0.717, 1.165) is 17.7 Å². The standard InChI is InChI=1S/C10H15BrN2O2S2/c1-10(3-4-10)13-17(14,15)8-5-7(6-12-2)16-9(8)11/h5,12-13H,3-4,6H2,1-2H3. The quantitative estimate of drug-likeness (QED) is 0.863. The summed E-state index contributed by atoms with van der Waals surface area (Å²) in [5, 5.41) is 3.01.